The molecule has 2 aromatic rings. The highest BCUT2D eigenvalue weighted by Gasteiger charge is 2.64. The first kappa shape index (κ1) is 17.1. The number of anilines is 1. The smallest absolute Gasteiger partial charge is 0.240 e. The fourth-order valence-corrected chi connectivity index (χ4v) is 5.38. The third-order valence-corrected chi connectivity index (χ3v) is 6.71. The van der Waals surface area contributed by atoms with Crippen molar-refractivity contribution in [3.63, 3.8) is 0 Å². The number of rotatable bonds is 3. The Kier molecular flexibility index (Phi) is 3.84. The molecule has 0 saturated carbocycles. The lowest BCUT2D eigenvalue weighted by Crippen LogP contribution is -2.47. The minimum atomic E-state index is -0.682. The first-order valence-corrected chi connectivity index (χ1v) is 10.1. The first-order valence-electron chi connectivity index (χ1n) is 9.23. The number of nitrogens with zero attached hydrogens (tertiary/aromatic N) is 2. The first-order chi connectivity index (χ1) is 13.6. The van der Waals surface area contributed by atoms with Crippen molar-refractivity contribution in [2.75, 3.05) is 4.90 Å². The van der Waals surface area contributed by atoms with Crippen LogP contribution in [0.5, 0.6) is 0 Å². The summed E-state index contributed by atoms with van der Waals surface area (Å²) in [5.74, 6) is -1.84. The molecule has 2 fully saturated rings. The van der Waals surface area contributed by atoms with Gasteiger partial charge < -0.3 is 4.90 Å². The summed E-state index contributed by atoms with van der Waals surface area (Å²) in [7, 11) is 0. The van der Waals surface area contributed by atoms with E-state index >= 15 is 0 Å². The maximum absolute atomic E-state index is 13.4. The van der Waals surface area contributed by atoms with Crippen LogP contribution in [0.4, 0.5) is 5.69 Å². The van der Waals surface area contributed by atoms with E-state index in [1.807, 2.05) is 47.6 Å². The zero-order chi connectivity index (χ0) is 19.4. The summed E-state index contributed by atoms with van der Waals surface area (Å²) in [6.45, 7) is 1.93. The molecule has 140 valence electrons. The lowest BCUT2D eigenvalue weighted by molar-refractivity contribution is -0.123. The van der Waals surface area contributed by atoms with E-state index in [9.17, 15) is 14.4 Å². The Morgan fingerprint density at radius 2 is 1.75 bits per heavy atom. The Morgan fingerprint density at radius 1 is 1.00 bits per heavy atom. The fourth-order valence-electron chi connectivity index (χ4n) is 4.68. The summed E-state index contributed by atoms with van der Waals surface area (Å²) in [4.78, 5) is 44.0. The van der Waals surface area contributed by atoms with E-state index in [1.54, 1.807) is 30.3 Å². The van der Waals surface area contributed by atoms with Crippen molar-refractivity contribution in [2.24, 2.45) is 11.8 Å². The second kappa shape index (κ2) is 6.27. The molecule has 5 nitrogen and oxygen atoms in total. The van der Waals surface area contributed by atoms with Gasteiger partial charge in [0.1, 0.15) is 6.04 Å². The van der Waals surface area contributed by atoms with Gasteiger partial charge >= 0.3 is 0 Å². The van der Waals surface area contributed by atoms with Gasteiger partial charge in [-0.3, -0.25) is 14.4 Å². The van der Waals surface area contributed by atoms with Crippen molar-refractivity contribution >= 4 is 34.6 Å². The normalized spacial score (nSPS) is 28.4. The minimum absolute atomic E-state index is 0.0911. The molecule has 6 heteroatoms. The highest BCUT2D eigenvalue weighted by atomic mass is 32.1. The zero-order valence-electron chi connectivity index (χ0n) is 15.2. The quantitative estimate of drug-likeness (QED) is 0.596. The SMILES string of the molecule is CC1=CC=CC2[C@@H]3C(=O)N(c4ccccc4)C(=O)[C@@H]3C(C(=O)c3cccs3)N12. The van der Waals surface area contributed by atoms with Crippen molar-refractivity contribution < 1.29 is 14.4 Å². The van der Waals surface area contributed by atoms with Crippen LogP contribution in [0.2, 0.25) is 0 Å². The number of benzene rings is 1. The fraction of sp³-hybridized carbons (Fsp3) is 0.227. The molecule has 0 bridgehead atoms. The number of fused-ring (bicyclic) bond motifs is 3. The standard InChI is InChI=1S/C22H18N2O3S/c1-13-7-5-10-15-17-18(19(23(13)15)20(25)16-11-6-12-28-16)22(27)24(21(17)26)14-8-3-2-4-9-14/h2-12,15,17-19H,1H3/t15?,17-,18-,19?/m0/s1. The summed E-state index contributed by atoms with van der Waals surface area (Å²) >= 11 is 1.37. The number of thiophene rings is 1. The van der Waals surface area contributed by atoms with E-state index in [-0.39, 0.29) is 23.6 Å². The van der Waals surface area contributed by atoms with E-state index in [0.29, 0.717) is 10.6 Å². The van der Waals surface area contributed by atoms with E-state index < -0.39 is 17.9 Å². The molecule has 2 saturated heterocycles. The summed E-state index contributed by atoms with van der Waals surface area (Å²) in [6, 6.07) is 11.6. The lowest BCUT2D eigenvalue weighted by atomic mass is 9.87. The van der Waals surface area contributed by atoms with Gasteiger partial charge in [-0.2, -0.15) is 0 Å². The topological polar surface area (TPSA) is 57.7 Å². The number of allylic oxidation sites excluding steroid dienone is 3. The van der Waals surface area contributed by atoms with Gasteiger partial charge in [0, 0.05) is 5.70 Å². The molecule has 0 aliphatic carbocycles. The van der Waals surface area contributed by atoms with Crippen molar-refractivity contribution in [1.29, 1.82) is 0 Å². The average molecular weight is 390 g/mol. The van der Waals surface area contributed by atoms with Gasteiger partial charge in [-0.25, -0.2) is 4.90 Å². The molecule has 3 aliphatic rings. The molecular formula is C22H18N2O3S. The Bertz CT molecular complexity index is 1030. The second-order valence-electron chi connectivity index (χ2n) is 7.28. The number of imide groups is 1. The van der Waals surface area contributed by atoms with Gasteiger partial charge in [0.15, 0.2) is 5.78 Å². The van der Waals surface area contributed by atoms with E-state index in [1.165, 1.54) is 16.2 Å². The Morgan fingerprint density at radius 3 is 2.46 bits per heavy atom. The van der Waals surface area contributed by atoms with Crippen LogP contribution in [0.25, 0.3) is 0 Å². The number of hydrogen-bond donors (Lipinski definition) is 0. The highest BCUT2D eigenvalue weighted by Crippen LogP contribution is 2.48. The van der Waals surface area contributed by atoms with Crippen LogP contribution in [0.3, 0.4) is 0 Å². The van der Waals surface area contributed by atoms with Crippen LogP contribution in [0, 0.1) is 11.8 Å². The molecule has 2 unspecified atom stereocenters. The predicted molar refractivity (Wildman–Crippen MR) is 107 cm³/mol. The molecule has 28 heavy (non-hydrogen) atoms. The van der Waals surface area contributed by atoms with Crippen LogP contribution in [0.1, 0.15) is 16.6 Å². The summed E-state index contributed by atoms with van der Waals surface area (Å²) in [6.07, 6.45) is 5.77. The second-order valence-corrected chi connectivity index (χ2v) is 8.22. The molecule has 1 aromatic heterocycles. The van der Waals surface area contributed by atoms with Crippen LogP contribution < -0.4 is 4.90 Å². The molecule has 0 radical (unpaired) electrons. The molecule has 0 N–H and O–H groups in total. The van der Waals surface area contributed by atoms with Crippen LogP contribution >= 0.6 is 11.3 Å². The summed E-state index contributed by atoms with van der Waals surface area (Å²) < 4.78 is 0. The number of carbonyl (C=O) groups is 3. The van der Waals surface area contributed by atoms with E-state index in [2.05, 4.69) is 0 Å². The molecular weight excluding hydrogens is 372 g/mol. The third-order valence-electron chi connectivity index (χ3n) is 5.83. The van der Waals surface area contributed by atoms with Crippen LogP contribution in [0.15, 0.2) is 71.8 Å². The number of ketones is 1. The molecule has 4 atom stereocenters. The van der Waals surface area contributed by atoms with Gasteiger partial charge in [-0.15, -0.1) is 11.3 Å². The van der Waals surface area contributed by atoms with Crippen molar-refractivity contribution in [3.8, 4) is 0 Å². The Hall–Kier alpha value is -2.99. The predicted octanol–water partition coefficient (Wildman–Crippen LogP) is 3.26. The number of Topliss-reactive ketones (excluding diaryl/α,β-unsaturated/α-hetero) is 1. The Balaban J connectivity index is 1.62. The molecule has 2 amide bonds. The van der Waals surface area contributed by atoms with Gasteiger partial charge in [-0.1, -0.05) is 36.4 Å². The Labute approximate surface area is 166 Å². The van der Waals surface area contributed by atoms with Crippen molar-refractivity contribution in [3.05, 3.63) is 76.6 Å². The average Bonchev–Trinajstić information content (AvgIpc) is 3.40. The third kappa shape index (κ3) is 2.27. The minimum Gasteiger partial charge on any atom is -0.357 e. The number of amides is 2. The van der Waals surface area contributed by atoms with Crippen LogP contribution in [-0.4, -0.2) is 34.6 Å². The van der Waals surface area contributed by atoms with Crippen molar-refractivity contribution in [1.82, 2.24) is 4.90 Å². The number of para-hydroxylation sites is 1. The molecule has 1 aromatic carbocycles. The maximum Gasteiger partial charge on any atom is 0.240 e. The number of hydrogen-bond acceptors (Lipinski definition) is 5. The highest BCUT2D eigenvalue weighted by molar-refractivity contribution is 7.12. The van der Waals surface area contributed by atoms with Crippen molar-refractivity contribution in [2.45, 2.75) is 19.0 Å². The number of carbonyl (C=O) groups excluding carboxylic acids is 3. The monoisotopic (exact) mass is 390 g/mol. The molecule has 5 rings (SSSR count). The maximum atomic E-state index is 13.4. The largest absolute Gasteiger partial charge is 0.357 e. The van der Waals surface area contributed by atoms with Crippen LogP contribution in [-0.2, 0) is 9.59 Å². The van der Waals surface area contributed by atoms with Gasteiger partial charge in [0.25, 0.3) is 0 Å². The zero-order valence-corrected chi connectivity index (χ0v) is 16.0. The molecule has 4 heterocycles. The van der Waals surface area contributed by atoms with E-state index in [0.717, 1.165) is 5.70 Å². The van der Waals surface area contributed by atoms with Gasteiger partial charge in [-0.05, 0) is 36.6 Å². The van der Waals surface area contributed by atoms with Gasteiger partial charge in [0.05, 0.1) is 28.4 Å². The molecule has 0 spiro atoms. The summed E-state index contributed by atoms with van der Waals surface area (Å²) in [5, 5.41) is 1.86. The van der Waals surface area contributed by atoms with E-state index in [4.69, 9.17) is 0 Å². The summed E-state index contributed by atoms with van der Waals surface area (Å²) in [5.41, 5.74) is 1.47. The molecule has 3 aliphatic heterocycles. The lowest BCUT2D eigenvalue weighted by Gasteiger charge is -2.35. The van der Waals surface area contributed by atoms with Gasteiger partial charge in [0.2, 0.25) is 11.8 Å².